The van der Waals surface area contributed by atoms with E-state index < -0.39 is 10.0 Å². The number of nitrogens with zero attached hydrogens (tertiary/aromatic N) is 3. The van der Waals surface area contributed by atoms with Gasteiger partial charge in [0, 0.05) is 38.4 Å². The first-order chi connectivity index (χ1) is 15.0. The van der Waals surface area contributed by atoms with Crippen molar-refractivity contribution in [1.29, 1.82) is 0 Å². The minimum atomic E-state index is -3.42. The topological polar surface area (TPSA) is 86.3 Å². The number of guanidine groups is 1. The minimum absolute atomic E-state index is 0.254. The average Bonchev–Trinajstić information content (AvgIpc) is 2.82. The van der Waals surface area contributed by atoms with Gasteiger partial charge in [0.15, 0.2) is 5.96 Å². The Hall–Kier alpha value is -2.78. The van der Waals surface area contributed by atoms with Gasteiger partial charge in [0.1, 0.15) is 5.75 Å². The fourth-order valence-electron chi connectivity index (χ4n) is 3.45. The van der Waals surface area contributed by atoms with Crippen LogP contribution in [0.5, 0.6) is 5.75 Å². The molecule has 2 aromatic carbocycles. The Morgan fingerprint density at radius 1 is 1.03 bits per heavy atom. The lowest BCUT2D eigenvalue weighted by molar-refractivity contribution is 0.372. The van der Waals surface area contributed by atoms with Crippen molar-refractivity contribution in [2.75, 3.05) is 51.8 Å². The standard InChI is InChI=1S/C22H31N5O3S/c1-4-24-22(25-17-18-5-11-21(12-6-18)31(28,29)23-2)27-15-13-26(14-16-27)19-7-9-20(30-3)10-8-19/h5-12,23H,4,13-17H2,1-3H3,(H,24,25). The first-order valence-corrected chi connectivity index (χ1v) is 11.9. The maximum atomic E-state index is 11.9. The highest BCUT2D eigenvalue weighted by atomic mass is 32.2. The molecule has 2 aromatic rings. The summed E-state index contributed by atoms with van der Waals surface area (Å²) in [5, 5.41) is 3.37. The van der Waals surface area contributed by atoms with Crippen LogP contribution in [0.25, 0.3) is 0 Å². The minimum Gasteiger partial charge on any atom is -0.497 e. The lowest BCUT2D eigenvalue weighted by Crippen LogP contribution is -2.52. The number of hydrogen-bond acceptors (Lipinski definition) is 5. The van der Waals surface area contributed by atoms with Crippen molar-refractivity contribution in [2.24, 2.45) is 4.99 Å². The zero-order valence-electron chi connectivity index (χ0n) is 18.3. The summed E-state index contributed by atoms with van der Waals surface area (Å²) in [4.78, 5) is 9.65. The molecule has 0 amide bonds. The van der Waals surface area contributed by atoms with Crippen LogP contribution in [-0.2, 0) is 16.6 Å². The molecule has 0 bridgehead atoms. The Balaban J connectivity index is 1.62. The number of piperazine rings is 1. The molecule has 0 aliphatic carbocycles. The molecule has 8 nitrogen and oxygen atoms in total. The van der Waals surface area contributed by atoms with E-state index in [1.807, 2.05) is 12.1 Å². The fourth-order valence-corrected chi connectivity index (χ4v) is 4.18. The lowest BCUT2D eigenvalue weighted by atomic mass is 10.2. The summed E-state index contributed by atoms with van der Waals surface area (Å²) in [5.74, 6) is 1.74. The summed E-state index contributed by atoms with van der Waals surface area (Å²) in [6.07, 6.45) is 0. The molecule has 0 spiro atoms. The first kappa shape index (κ1) is 22.9. The Bertz CT molecular complexity index is 967. The molecular weight excluding hydrogens is 414 g/mol. The van der Waals surface area contributed by atoms with Crippen molar-refractivity contribution in [3.63, 3.8) is 0 Å². The van der Waals surface area contributed by atoms with E-state index >= 15 is 0 Å². The van der Waals surface area contributed by atoms with Crippen LogP contribution >= 0.6 is 0 Å². The van der Waals surface area contributed by atoms with Gasteiger partial charge in [-0.05, 0) is 55.9 Å². The number of aliphatic imine (C=N–C) groups is 1. The fraction of sp³-hybridized carbons (Fsp3) is 0.409. The van der Waals surface area contributed by atoms with Gasteiger partial charge in [-0.1, -0.05) is 12.1 Å². The second-order valence-electron chi connectivity index (χ2n) is 7.19. The number of benzene rings is 2. The molecule has 0 radical (unpaired) electrons. The second kappa shape index (κ2) is 10.5. The monoisotopic (exact) mass is 445 g/mol. The maximum Gasteiger partial charge on any atom is 0.240 e. The smallest absolute Gasteiger partial charge is 0.240 e. The second-order valence-corrected chi connectivity index (χ2v) is 9.08. The molecule has 0 unspecified atom stereocenters. The quantitative estimate of drug-likeness (QED) is 0.500. The molecule has 31 heavy (non-hydrogen) atoms. The van der Waals surface area contributed by atoms with E-state index in [-0.39, 0.29) is 4.90 Å². The molecule has 2 N–H and O–H groups in total. The van der Waals surface area contributed by atoms with Crippen LogP contribution in [0.3, 0.4) is 0 Å². The Kier molecular flexibility index (Phi) is 7.75. The molecule has 0 saturated carbocycles. The van der Waals surface area contributed by atoms with Crippen molar-refractivity contribution in [3.05, 3.63) is 54.1 Å². The highest BCUT2D eigenvalue weighted by Crippen LogP contribution is 2.20. The van der Waals surface area contributed by atoms with Crippen LogP contribution in [0, 0.1) is 0 Å². The van der Waals surface area contributed by atoms with E-state index in [0.717, 1.165) is 50.0 Å². The predicted molar refractivity (Wildman–Crippen MR) is 124 cm³/mol. The summed E-state index contributed by atoms with van der Waals surface area (Å²) in [5.41, 5.74) is 2.15. The average molecular weight is 446 g/mol. The number of sulfonamides is 1. The van der Waals surface area contributed by atoms with Gasteiger partial charge in [-0.3, -0.25) is 0 Å². The molecule has 3 rings (SSSR count). The van der Waals surface area contributed by atoms with E-state index in [4.69, 9.17) is 9.73 Å². The van der Waals surface area contributed by atoms with Gasteiger partial charge < -0.3 is 19.9 Å². The first-order valence-electron chi connectivity index (χ1n) is 10.4. The van der Waals surface area contributed by atoms with Crippen LogP contribution in [-0.4, -0.2) is 66.2 Å². The summed E-state index contributed by atoms with van der Waals surface area (Å²) < 4.78 is 31.3. The van der Waals surface area contributed by atoms with Gasteiger partial charge in [0.05, 0.1) is 18.6 Å². The number of nitrogens with one attached hydrogen (secondary N) is 2. The summed E-state index contributed by atoms with van der Waals surface area (Å²) >= 11 is 0. The number of methoxy groups -OCH3 is 1. The van der Waals surface area contributed by atoms with Crippen molar-refractivity contribution in [1.82, 2.24) is 14.9 Å². The molecule has 1 fully saturated rings. The third-order valence-electron chi connectivity index (χ3n) is 5.27. The van der Waals surface area contributed by atoms with E-state index in [1.54, 1.807) is 31.4 Å². The predicted octanol–water partition coefficient (Wildman–Crippen LogP) is 1.89. The molecule has 1 heterocycles. The highest BCUT2D eigenvalue weighted by molar-refractivity contribution is 7.89. The molecule has 168 valence electrons. The van der Waals surface area contributed by atoms with Gasteiger partial charge >= 0.3 is 0 Å². The molecule has 9 heteroatoms. The van der Waals surface area contributed by atoms with Crippen molar-refractivity contribution in [2.45, 2.75) is 18.4 Å². The lowest BCUT2D eigenvalue weighted by Gasteiger charge is -2.37. The largest absolute Gasteiger partial charge is 0.497 e. The SMILES string of the molecule is CCNC(=NCc1ccc(S(=O)(=O)NC)cc1)N1CCN(c2ccc(OC)cc2)CC1. The summed E-state index contributed by atoms with van der Waals surface area (Å²) in [7, 11) is -0.340. The molecule has 0 atom stereocenters. The van der Waals surface area contributed by atoms with Gasteiger partial charge in [-0.15, -0.1) is 0 Å². The summed E-state index contributed by atoms with van der Waals surface area (Å²) in [6.45, 7) is 6.90. The van der Waals surface area contributed by atoms with Crippen LogP contribution in [0.4, 0.5) is 5.69 Å². The van der Waals surface area contributed by atoms with Crippen molar-refractivity contribution in [3.8, 4) is 5.75 Å². The molecule has 1 aliphatic heterocycles. The van der Waals surface area contributed by atoms with Crippen LogP contribution < -0.4 is 19.7 Å². The Morgan fingerprint density at radius 3 is 2.23 bits per heavy atom. The van der Waals surface area contributed by atoms with E-state index in [1.165, 1.54) is 12.7 Å². The van der Waals surface area contributed by atoms with Gasteiger partial charge in [-0.2, -0.15) is 0 Å². The van der Waals surface area contributed by atoms with Gasteiger partial charge in [0.25, 0.3) is 0 Å². The molecular formula is C22H31N5O3S. The van der Waals surface area contributed by atoms with E-state index in [0.29, 0.717) is 6.54 Å². The van der Waals surface area contributed by atoms with Crippen LogP contribution in [0.1, 0.15) is 12.5 Å². The number of anilines is 1. The van der Waals surface area contributed by atoms with Crippen LogP contribution in [0.15, 0.2) is 58.4 Å². The number of hydrogen-bond donors (Lipinski definition) is 2. The number of ether oxygens (including phenoxy) is 1. The van der Waals surface area contributed by atoms with Crippen LogP contribution in [0.2, 0.25) is 0 Å². The Labute approximate surface area is 185 Å². The van der Waals surface area contributed by atoms with Gasteiger partial charge in [0.2, 0.25) is 10.0 Å². The molecule has 0 aromatic heterocycles. The van der Waals surface area contributed by atoms with E-state index in [2.05, 4.69) is 38.9 Å². The highest BCUT2D eigenvalue weighted by Gasteiger charge is 2.20. The molecule has 1 aliphatic rings. The normalized spacial score (nSPS) is 15.1. The Morgan fingerprint density at radius 2 is 1.68 bits per heavy atom. The number of rotatable bonds is 7. The third kappa shape index (κ3) is 5.89. The zero-order valence-corrected chi connectivity index (χ0v) is 19.2. The molecule has 1 saturated heterocycles. The van der Waals surface area contributed by atoms with Gasteiger partial charge in [-0.25, -0.2) is 18.1 Å². The summed E-state index contributed by atoms with van der Waals surface area (Å²) in [6, 6.07) is 15.0. The van der Waals surface area contributed by atoms with Crippen molar-refractivity contribution >= 4 is 21.7 Å². The zero-order chi connectivity index (χ0) is 22.3. The van der Waals surface area contributed by atoms with Crippen molar-refractivity contribution < 1.29 is 13.2 Å². The maximum absolute atomic E-state index is 11.9. The van der Waals surface area contributed by atoms with E-state index in [9.17, 15) is 8.42 Å². The third-order valence-corrected chi connectivity index (χ3v) is 6.70.